The van der Waals surface area contributed by atoms with Gasteiger partial charge in [-0.2, -0.15) is 0 Å². The highest BCUT2D eigenvalue weighted by Gasteiger charge is 2.50. The van der Waals surface area contributed by atoms with E-state index in [1.165, 1.54) is 0 Å². The number of rotatable bonds is 2. The Bertz CT molecular complexity index is 366. The van der Waals surface area contributed by atoms with Crippen molar-refractivity contribution in [2.45, 2.75) is 18.3 Å². The van der Waals surface area contributed by atoms with Crippen molar-refractivity contribution in [3.63, 3.8) is 0 Å². The molecule has 1 aromatic carbocycles. The number of hydrogen-bond donors (Lipinski definition) is 0. The topological polar surface area (TPSA) is 17.1 Å². The Morgan fingerprint density at radius 3 is 2.38 bits per heavy atom. The molecule has 1 fully saturated rings. The van der Waals surface area contributed by atoms with E-state index >= 15 is 0 Å². The fourth-order valence-corrected chi connectivity index (χ4v) is 1.67. The van der Waals surface area contributed by atoms with Gasteiger partial charge in [-0.25, -0.2) is 0 Å². The highest BCUT2D eigenvalue weighted by Crippen LogP contribution is 2.48. The molecular formula is C12H10O. The van der Waals surface area contributed by atoms with Crippen LogP contribution in [0.25, 0.3) is 0 Å². The first-order valence-corrected chi connectivity index (χ1v) is 4.36. The Morgan fingerprint density at radius 2 is 1.92 bits per heavy atom. The van der Waals surface area contributed by atoms with Crippen molar-refractivity contribution in [2.24, 2.45) is 0 Å². The third kappa shape index (κ3) is 1.15. The predicted molar refractivity (Wildman–Crippen MR) is 51.2 cm³/mol. The highest BCUT2D eigenvalue weighted by molar-refractivity contribution is 6.05. The second-order valence-corrected chi connectivity index (χ2v) is 3.42. The van der Waals surface area contributed by atoms with E-state index in [0.29, 0.717) is 0 Å². The smallest absolute Gasteiger partial charge is 0.215 e. The van der Waals surface area contributed by atoms with Gasteiger partial charge in [-0.3, -0.25) is 4.79 Å². The Balaban J connectivity index is 2.38. The maximum Gasteiger partial charge on any atom is 0.215 e. The van der Waals surface area contributed by atoms with Gasteiger partial charge >= 0.3 is 0 Å². The quantitative estimate of drug-likeness (QED) is 0.489. The molecule has 0 radical (unpaired) electrons. The zero-order valence-electron chi connectivity index (χ0n) is 7.29. The van der Waals surface area contributed by atoms with Crippen molar-refractivity contribution >= 4 is 5.78 Å². The Hall–Kier alpha value is -1.55. The highest BCUT2D eigenvalue weighted by atomic mass is 16.1. The maximum absolute atomic E-state index is 11.5. The van der Waals surface area contributed by atoms with Crippen LogP contribution in [-0.4, -0.2) is 5.78 Å². The number of hydrogen-bond acceptors (Lipinski definition) is 1. The van der Waals surface area contributed by atoms with Gasteiger partial charge in [-0.15, -0.1) is 6.42 Å². The largest absolute Gasteiger partial charge is 0.284 e. The zero-order valence-corrected chi connectivity index (χ0v) is 7.29. The van der Waals surface area contributed by atoms with Gasteiger partial charge < -0.3 is 0 Å². The van der Waals surface area contributed by atoms with Gasteiger partial charge in [0.05, 0.1) is 5.41 Å². The van der Waals surface area contributed by atoms with E-state index in [-0.39, 0.29) is 11.2 Å². The molecule has 0 N–H and O–H groups in total. The normalized spacial score (nSPS) is 17.5. The molecule has 0 amide bonds. The average Bonchev–Trinajstić information content (AvgIpc) is 2.99. The zero-order chi connectivity index (χ0) is 9.31. The van der Waals surface area contributed by atoms with E-state index in [1.807, 2.05) is 30.3 Å². The summed E-state index contributed by atoms with van der Waals surface area (Å²) in [5.41, 5.74) is 0.744. The lowest BCUT2D eigenvalue weighted by molar-refractivity contribution is -0.116. The third-order valence-corrected chi connectivity index (χ3v) is 2.64. The van der Waals surface area contributed by atoms with Crippen LogP contribution >= 0.6 is 0 Å². The number of Topliss-reactive ketones (excluding diaryl/α,β-unsaturated/α-hetero) is 1. The standard InChI is InChI=1S/C12H10O/c1-2-11(13)12(8-9-12)10-6-4-3-5-7-10/h1,3-7H,8-9H2. The van der Waals surface area contributed by atoms with Crippen LogP contribution in [0.15, 0.2) is 30.3 Å². The molecule has 1 saturated carbocycles. The van der Waals surface area contributed by atoms with Crippen LogP contribution in [-0.2, 0) is 10.2 Å². The second-order valence-electron chi connectivity index (χ2n) is 3.42. The summed E-state index contributed by atoms with van der Waals surface area (Å²) in [6.07, 6.45) is 6.94. The number of terminal acetylenes is 1. The Morgan fingerprint density at radius 1 is 1.31 bits per heavy atom. The van der Waals surface area contributed by atoms with E-state index in [9.17, 15) is 4.79 Å². The lowest BCUT2D eigenvalue weighted by Crippen LogP contribution is -2.18. The molecular weight excluding hydrogens is 160 g/mol. The van der Waals surface area contributed by atoms with Gasteiger partial charge in [0.25, 0.3) is 0 Å². The summed E-state index contributed by atoms with van der Waals surface area (Å²) in [6, 6.07) is 9.78. The van der Waals surface area contributed by atoms with E-state index in [2.05, 4.69) is 5.92 Å². The lowest BCUT2D eigenvalue weighted by atomic mass is 9.92. The van der Waals surface area contributed by atoms with Gasteiger partial charge in [0.15, 0.2) is 0 Å². The van der Waals surface area contributed by atoms with Gasteiger partial charge in [0, 0.05) is 0 Å². The number of benzene rings is 1. The van der Waals surface area contributed by atoms with Gasteiger partial charge in [-0.1, -0.05) is 30.3 Å². The van der Waals surface area contributed by atoms with Crippen molar-refractivity contribution in [1.82, 2.24) is 0 Å². The summed E-state index contributed by atoms with van der Waals surface area (Å²) < 4.78 is 0. The van der Waals surface area contributed by atoms with Crippen LogP contribution in [0.3, 0.4) is 0 Å². The molecule has 0 unspecified atom stereocenters. The van der Waals surface area contributed by atoms with Crippen LogP contribution < -0.4 is 0 Å². The molecule has 0 aromatic heterocycles. The van der Waals surface area contributed by atoms with Crippen molar-refractivity contribution in [2.75, 3.05) is 0 Å². The minimum Gasteiger partial charge on any atom is -0.284 e. The summed E-state index contributed by atoms with van der Waals surface area (Å²) in [7, 11) is 0. The van der Waals surface area contributed by atoms with E-state index in [1.54, 1.807) is 0 Å². The molecule has 0 atom stereocenters. The van der Waals surface area contributed by atoms with Crippen molar-refractivity contribution in [1.29, 1.82) is 0 Å². The molecule has 13 heavy (non-hydrogen) atoms. The SMILES string of the molecule is C#CC(=O)C1(c2ccccc2)CC1. The van der Waals surface area contributed by atoms with Crippen LogP contribution in [0.1, 0.15) is 18.4 Å². The van der Waals surface area contributed by atoms with Crippen LogP contribution in [0.5, 0.6) is 0 Å². The summed E-state index contributed by atoms with van der Waals surface area (Å²) in [4.78, 5) is 11.5. The molecule has 0 bridgehead atoms. The van der Waals surface area contributed by atoms with Gasteiger partial charge in [0.2, 0.25) is 5.78 Å². The summed E-state index contributed by atoms with van der Waals surface area (Å²) >= 11 is 0. The first-order chi connectivity index (χ1) is 6.29. The van der Waals surface area contributed by atoms with Crippen LogP contribution in [0.2, 0.25) is 0 Å². The fourth-order valence-electron chi connectivity index (χ4n) is 1.67. The molecule has 2 rings (SSSR count). The van der Waals surface area contributed by atoms with Crippen molar-refractivity contribution < 1.29 is 4.79 Å². The van der Waals surface area contributed by atoms with E-state index < -0.39 is 0 Å². The second kappa shape index (κ2) is 2.74. The molecule has 0 heterocycles. The third-order valence-electron chi connectivity index (χ3n) is 2.64. The first kappa shape index (κ1) is 8.07. The molecule has 1 heteroatoms. The van der Waals surface area contributed by atoms with Crippen molar-refractivity contribution in [3.05, 3.63) is 35.9 Å². The molecule has 64 valence electrons. The molecule has 1 aliphatic carbocycles. The summed E-state index contributed by atoms with van der Waals surface area (Å²) in [5.74, 6) is 2.16. The first-order valence-electron chi connectivity index (χ1n) is 4.36. The molecule has 1 aliphatic rings. The minimum atomic E-state index is -0.323. The molecule has 1 aromatic rings. The average molecular weight is 170 g/mol. The lowest BCUT2D eigenvalue weighted by Gasteiger charge is -2.09. The number of ketones is 1. The Labute approximate surface area is 77.8 Å². The van der Waals surface area contributed by atoms with Gasteiger partial charge in [-0.05, 0) is 24.3 Å². The van der Waals surface area contributed by atoms with E-state index in [0.717, 1.165) is 18.4 Å². The molecule has 0 spiro atoms. The number of carbonyl (C=O) groups is 1. The van der Waals surface area contributed by atoms with E-state index in [4.69, 9.17) is 6.42 Å². The summed E-state index contributed by atoms with van der Waals surface area (Å²) in [6.45, 7) is 0. The summed E-state index contributed by atoms with van der Waals surface area (Å²) in [5, 5.41) is 0. The van der Waals surface area contributed by atoms with Crippen LogP contribution in [0.4, 0.5) is 0 Å². The predicted octanol–water partition coefficient (Wildman–Crippen LogP) is 1.92. The minimum absolute atomic E-state index is 0.0706. The Kier molecular flexibility index (Phi) is 1.70. The van der Waals surface area contributed by atoms with Crippen LogP contribution in [0, 0.1) is 12.3 Å². The fraction of sp³-hybridized carbons (Fsp3) is 0.250. The molecule has 1 nitrogen and oxygen atoms in total. The molecule has 0 aliphatic heterocycles. The van der Waals surface area contributed by atoms with Crippen molar-refractivity contribution in [3.8, 4) is 12.3 Å². The maximum atomic E-state index is 11.5. The number of carbonyl (C=O) groups excluding carboxylic acids is 1. The monoisotopic (exact) mass is 170 g/mol. The molecule has 0 saturated heterocycles. The van der Waals surface area contributed by atoms with Gasteiger partial charge in [0.1, 0.15) is 0 Å².